The van der Waals surface area contributed by atoms with E-state index in [4.69, 9.17) is 33.0 Å². The molecule has 3 aromatic heterocycles. The minimum absolute atomic E-state index is 0.0926. The van der Waals surface area contributed by atoms with Gasteiger partial charge in [-0.3, -0.25) is 4.79 Å². The molecule has 3 aromatic rings. The van der Waals surface area contributed by atoms with E-state index < -0.39 is 12.6 Å². The maximum Gasteiger partial charge on any atom is 0.340 e. The highest BCUT2D eigenvalue weighted by atomic mass is 35.5. The number of esters is 1. The molecule has 0 spiro atoms. The second kappa shape index (κ2) is 10.00. The summed E-state index contributed by atoms with van der Waals surface area (Å²) in [6, 6.07) is 9.26. The van der Waals surface area contributed by atoms with Crippen LogP contribution in [0, 0.1) is 5.92 Å². The Hall–Kier alpha value is -2.52. The molecule has 2 aliphatic rings. The van der Waals surface area contributed by atoms with Crippen molar-refractivity contribution >= 4 is 69.5 Å². The van der Waals surface area contributed by atoms with E-state index in [0.29, 0.717) is 0 Å². The van der Waals surface area contributed by atoms with Crippen LogP contribution in [-0.2, 0) is 9.53 Å². The number of hydrogen-bond donors (Lipinski definition) is 0. The first-order chi connectivity index (χ1) is 16.5. The summed E-state index contributed by atoms with van der Waals surface area (Å²) in [7, 11) is 0. The van der Waals surface area contributed by atoms with Crippen molar-refractivity contribution in [3.05, 3.63) is 78.4 Å². The van der Waals surface area contributed by atoms with Gasteiger partial charge in [-0.05, 0) is 59.9 Å². The first-order valence-electron chi connectivity index (χ1n) is 10.7. The number of hydrogen-bond acceptors (Lipinski definition) is 7. The van der Waals surface area contributed by atoms with Crippen LogP contribution < -0.4 is 0 Å². The van der Waals surface area contributed by atoms with E-state index in [-0.39, 0.29) is 33.6 Å². The summed E-state index contributed by atoms with van der Waals surface area (Å²) in [5, 5.41) is 10.6. The number of aromatic nitrogens is 1. The minimum atomic E-state index is -0.699. The monoisotopic (exact) mass is 531 g/mol. The molecule has 4 heterocycles. The number of carbonyl (C=O) groups is 2. The van der Waals surface area contributed by atoms with Gasteiger partial charge in [0, 0.05) is 21.9 Å². The van der Waals surface area contributed by atoms with Gasteiger partial charge in [0.2, 0.25) is 0 Å². The number of nitrogens with zero attached hydrogens (tertiary/aromatic N) is 3. The summed E-state index contributed by atoms with van der Waals surface area (Å²) in [6.45, 7) is -0.436. The molecular formula is C24H19Cl2N3O3S2. The van der Waals surface area contributed by atoms with Crippen LogP contribution in [0.25, 0.3) is 6.08 Å². The number of carbonyl (C=O) groups excluding carboxylic acids is 2. The molecular weight excluding hydrogens is 513 g/mol. The van der Waals surface area contributed by atoms with Crippen molar-refractivity contribution < 1.29 is 14.3 Å². The molecule has 0 bridgehead atoms. The Labute approximate surface area is 214 Å². The first kappa shape index (κ1) is 23.2. The normalized spacial score (nSPS) is 20.8. The summed E-state index contributed by atoms with van der Waals surface area (Å²) in [6.07, 6.45) is 6.34. The van der Waals surface area contributed by atoms with Crippen LogP contribution in [-0.4, -0.2) is 34.2 Å². The molecule has 1 aliphatic carbocycles. The average molecular weight is 532 g/mol. The standard InChI is InChI=1S/C24H19Cl2N3O3S2/c25-18-11-15(12-27-23(18)26)24(31)32-13-20(30)29-22(19-7-3-9-34-19)17-6-1-4-14(21(17)28-29)10-16-5-2-8-33-16/h2-3,5,7-12,17,22H,1,4,6,13H2/b14-10+/t17-,22-/m0/s1. The largest absolute Gasteiger partial charge is 0.452 e. The highest BCUT2D eigenvalue weighted by molar-refractivity contribution is 7.11. The molecule has 34 heavy (non-hydrogen) atoms. The highest BCUT2D eigenvalue weighted by Crippen LogP contribution is 2.45. The Bertz CT molecular complexity index is 1270. The van der Waals surface area contributed by atoms with E-state index in [1.54, 1.807) is 22.7 Å². The summed E-state index contributed by atoms with van der Waals surface area (Å²) in [4.78, 5) is 31.8. The van der Waals surface area contributed by atoms with Gasteiger partial charge in [-0.1, -0.05) is 35.3 Å². The highest BCUT2D eigenvalue weighted by Gasteiger charge is 2.44. The molecule has 0 N–H and O–H groups in total. The van der Waals surface area contributed by atoms with Gasteiger partial charge in [0.15, 0.2) is 6.61 Å². The zero-order valence-electron chi connectivity index (χ0n) is 17.8. The summed E-state index contributed by atoms with van der Waals surface area (Å²) in [5.74, 6) is -0.968. The fourth-order valence-corrected chi connectivity index (χ4v) is 6.13. The number of rotatable bonds is 5. The van der Waals surface area contributed by atoms with Crippen LogP contribution in [0.2, 0.25) is 10.2 Å². The first-order valence-corrected chi connectivity index (χ1v) is 13.2. The Morgan fingerprint density at radius 1 is 1.21 bits per heavy atom. The van der Waals surface area contributed by atoms with Crippen LogP contribution in [0.4, 0.5) is 0 Å². The zero-order valence-corrected chi connectivity index (χ0v) is 21.0. The maximum absolute atomic E-state index is 13.2. The predicted molar refractivity (Wildman–Crippen MR) is 136 cm³/mol. The molecule has 6 nitrogen and oxygen atoms in total. The number of ether oxygens (including phenoxy) is 1. The molecule has 0 unspecified atom stereocenters. The van der Waals surface area contributed by atoms with Crippen molar-refractivity contribution in [1.82, 2.24) is 9.99 Å². The van der Waals surface area contributed by atoms with E-state index in [2.05, 4.69) is 17.1 Å². The Kier molecular flexibility index (Phi) is 6.83. The van der Waals surface area contributed by atoms with Crippen molar-refractivity contribution in [2.24, 2.45) is 11.0 Å². The molecule has 2 atom stereocenters. The second-order valence-corrected chi connectivity index (χ2v) is 10.7. The third kappa shape index (κ3) is 4.68. The summed E-state index contributed by atoms with van der Waals surface area (Å²) in [5.41, 5.74) is 2.24. The zero-order chi connectivity index (χ0) is 23.7. The lowest BCUT2D eigenvalue weighted by Crippen LogP contribution is -2.34. The van der Waals surface area contributed by atoms with Crippen molar-refractivity contribution in [3.63, 3.8) is 0 Å². The molecule has 1 aliphatic heterocycles. The maximum atomic E-state index is 13.2. The number of hydrazone groups is 1. The second-order valence-electron chi connectivity index (χ2n) is 7.94. The fourth-order valence-electron chi connectivity index (χ4n) is 4.30. The smallest absolute Gasteiger partial charge is 0.340 e. The van der Waals surface area contributed by atoms with Crippen LogP contribution in [0.3, 0.4) is 0 Å². The quantitative estimate of drug-likeness (QED) is 0.278. The lowest BCUT2D eigenvalue weighted by atomic mass is 9.79. The van der Waals surface area contributed by atoms with Crippen LogP contribution >= 0.6 is 45.9 Å². The fraction of sp³-hybridized carbons (Fsp3) is 0.250. The minimum Gasteiger partial charge on any atom is -0.452 e. The molecule has 1 fully saturated rings. The average Bonchev–Trinajstić information content (AvgIpc) is 3.60. The molecule has 1 amide bonds. The third-order valence-electron chi connectivity index (χ3n) is 5.81. The molecule has 10 heteroatoms. The van der Waals surface area contributed by atoms with Crippen molar-refractivity contribution in [3.8, 4) is 0 Å². The van der Waals surface area contributed by atoms with Gasteiger partial charge in [0.05, 0.1) is 22.3 Å². The van der Waals surface area contributed by atoms with E-state index in [0.717, 1.165) is 35.4 Å². The van der Waals surface area contributed by atoms with Gasteiger partial charge in [0.25, 0.3) is 5.91 Å². The van der Waals surface area contributed by atoms with Crippen molar-refractivity contribution in [1.29, 1.82) is 0 Å². The van der Waals surface area contributed by atoms with E-state index >= 15 is 0 Å². The topological polar surface area (TPSA) is 71.9 Å². The van der Waals surface area contributed by atoms with Crippen molar-refractivity contribution in [2.45, 2.75) is 25.3 Å². The molecule has 0 radical (unpaired) electrons. The van der Waals surface area contributed by atoms with Gasteiger partial charge >= 0.3 is 5.97 Å². The predicted octanol–water partition coefficient (Wildman–Crippen LogP) is 6.49. The van der Waals surface area contributed by atoms with Gasteiger partial charge in [-0.2, -0.15) is 5.10 Å². The summed E-state index contributed by atoms with van der Waals surface area (Å²) < 4.78 is 5.28. The van der Waals surface area contributed by atoms with Gasteiger partial charge in [-0.15, -0.1) is 22.7 Å². The molecule has 0 saturated heterocycles. The molecule has 0 aromatic carbocycles. The number of allylic oxidation sites excluding steroid dienone is 1. The van der Waals surface area contributed by atoms with E-state index in [1.807, 2.05) is 29.0 Å². The van der Waals surface area contributed by atoms with Crippen LogP contribution in [0.15, 0.2) is 58.0 Å². The number of thiophene rings is 2. The van der Waals surface area contributed by atoms with Crippen molar-refractivity contribution in [2.75, 3.05) is 6.61 Å². The Morgan fingerprint density at radius 2 is 2.03 bits per heavy atom. The SMILES string of the molecule is O=C(OCC(=O)N1N=C2/C(=C/c3cccs3)CCC[C@@H]2[C@H]1c1cccs1)c1cnc(Cl)c(Cl)c1. The Morgan fingerprint density at radius 3 is 2.76 bits per heavy atom. The number of halogens is 2. The molecule has 174 valence electrons. The Balaban J connectivity index is 1.38. The number of amides is 1. The van der Waals surface area contributed by atoms with E-state index in [1.165, 1.54) is 22.1 Å². The number of fused-ring (bicyclic) bond motifs is 1. The van der Waals surface area contributed by atoms with Gasteiger partial charge < -0.3 is 4.74 Å². The lowest BCUT2D eigenvalue weighted by Gasteiger charge is -2.28. The third-order valence-corrected chi connectivity index (χ3v) is 8.26. The lowest BCUT2D eigenvalue weighted by molar-refractivity contribution is -0.136. The van der Waals surface area contributed by atoms with Gasteiger partial charge in [0.1, 0.15) is 5.15 Å². The molecule has 5 rings (SSSR count). The van der Waals surface area contributed by atoms with Gasteiger partial charge in [-0.25, -0.2) is 14.8 Å². The van der Waals surface area contributed by atoms with E-state index in [9.17, 15) is 9.59 Å². The van der Waals surface area contributed by atoms with Crippen LogP contribution in [0.5, 0.6) is 0 Å². The summed E-state index contributed by atoms with van der Waals surface area (Å²) >= 11 is 15.0. The van der Waals surface area contributed by atoms with Crippen LogP contribution in [0.1, 0.15) is 45.4 Å². The molecule has 1 saturated carbocycles. The number of pyridine rings is 1.